The Morgan fingerprint density at radius 3 is 2.76 bits per heavy atom. The molecule has 0 bridgehead atoms. The minimum Gasteiger partial charge on any atom is -0.381 e. The van der Waals surface area contributed by atoms with E-state index in [1.54, 1.807) is 6.20 Å². The molecule has 180 valence electrons. The number of nitrogens with two attached hydrogens (primary N) is 1. The maximum absolute atomic E-state index is 6.65. The van der Waals surface area contributed by atoms with Crippen LogP contribution in [-0.2, 0) is 4.74 Å². The number of ether oxygens (including phenoxy) is 1. The number of pyridine rings is 1. The molecule has 3 N–H and O–H groups in total. The molecule has 0 saturated carbocycles. The second-order valence-electron chi connectivity index (χ2n) is 9.60. The third kappa shape index (κ3) is 5.28. The highest BCUT2D eigenvalue weighted by atomic mass is 35.5. The Bertz CT molecular complexity index is 1090. The van der Waals surface area contributed by atoms with Gasteiger partial charge >= 0.3 is 0 Å². The molecule has 5 rings (SSSR count). The third-order valence-corrected chi connectivity index (χ3v) is 8.65. The van der Waals surface area contributed by atoms with Crippen molar-refractivity contribution in [3.63, 3.8) is 0 Å². The van der Waals surface area contributed by atoms with Gasteiger partial charge in [0.1, 0.15) is 16.5 Å². The fourth-order valence-corrected chi connectivity index (χ4v) is 6.11. The topological polar surface area (TPSA) is 89.2 Å². The smallest absolute Gasteiger partial charge is 0.158 e. The molecule has 0 amide bonds. The van der Waals surface area contributed by atoms with E-state index >= 15 is 0 Å². The van der Waals surface area contributed by atoms with Gasteiger partial charge in [0.25, 0.3) is 0 Å². The molecule has 5 heterocycles. The summed E-state index contributed by atoms with van der Waals surface area (Å²) in [6.07, 6.45) is 9.42. The summed E-state index contributed by atoms with van der Waals surface area (Å²) in [6.45, 7) is 6.97. The van der Waals surface area contributed by atoms with E-state index in [1.165, 1.54) is 11.8 Å². The number of hydrogen-bond donors (Lipinski definition) is 2. The number of aromatic nitrogens is 3. The van der Waals surface area contributed by atoms with E-state index in [2.05, 4.69) is 43.9 Å². The number of hydrogen-bond acceptors (Lipinski definition) is 8. The van der Waals surface area contributed by atoms with Crippen molar-refractivity contribution in [2.45, 2.75) is 55.1 Å². The van der Waals surface area contributed by atoms with Gasteiger partial charge in [0.15, 0.2) is 5.82 Å². The molecular formula is C25H31ClN6OS. The van der Waals surface area contributed by atoms with Crippen LogP contribution in [0, 0.1) is 23.2 Å². The lowest BCUT2D eigenvalue weighted by Crippen LogP contribution is -2.41. The fourth-order valence-electron chi connectivity index (χ4n) is 5.05. The van der Waals surface area contributed by atoms with Crippen LogP contribution in [0.5, 0.6) is 0 Å². The van der Waals surface area contributed by atoms with Crippen molar-refractivity contribution in [3.8, 4) is 11.8 Å². The summed E-state index contributed by atoms with van der Waals surface area (Å²) in [5.74, 6) is 8.15. The van der Waals surface area contributed by atoms with E-state index < -0.39 is 0 Å². The van der Waals surface area contributed by atoms with Crippen molar-refractivity contribution >= 4 is 35.0 Å². The van der Waals surface area contributed by atoms with Crippen LogP contribution in [0.3, 0.4) is 0 Å². The molecule has 0 unspecified atom stereocenters. The lowest BCUT2D eigenvalue weighted by Gasteiger charge is -2.38. The molecule has 0 aliphatic carbocycles. The van der Waals surface area contributed by atoms with Crippen LogP contribution in [0.15, 0.2) is 28.4 Å². The van der Waals surface area contributed by atoms with Gasteiger partial charge < -0.3 is 20.7 Å². The van der Waals surface area contributed by atoms with Gasteiger partial charge in [-0.1, -0.05) is 29.3 Å². The number of halogens is 1. The van der Waals surface area contributed by atoms with Gasteiger partial charge in [0.05, 0.1) is 23.9 Å². The molecule has 3 aliphatic rings. The summed E-state index contributed by atoms with van der Waals surface area (Å²) in [5, 5.41) is 4.53. The summed E-state index contributed by atoms with van der Waals surface area (Å²) >= 11 is 8.05. The Hall–Kier alpha value is -2.05. The van der Waals surface area contributed by atoms with Crippen LogP contribution in [-0.4, -0.2) is 53.8 Å². The number of nitrogen functional groups attached to an aromatic ring is 1. The quantitative estimate of drug-likeness (QED) is 0.614. The maximum Gasteiger partial charge on any atom is 0.158 e. The van der Waals surface area contributed by atoms with Gasteiger partial charge in [-0.2, -0.15) is 0 Å². The largest absolute Gasteiger partial charge is 0.381 e. The summed E-state index contributed by atoms with van der Waals surface area (Å²) < 4.78 is 5.85. The summed E-state index contributed by atoms with van der Waals surface area (Å²) in [7, 11) is 0. The molecule has 1 atom stereocenters. The first kappa shape index (κ1) is 23.7. The summed E-state index contributed by atoms with van der Waals surface area (Å²) in [5.41, 5.74) is 7.25. The molecule has 2 aromatic heterocycles. The predicted octanol–water partition coefficient (Wildman–Crippen LogP) is 4.00. The first-order chi connectivity index (χ1) is 16.5. The Kier molecular flexibility index (Phi) is 7.16. The molecule has 2 aromatic rings. The van der Waals surface area contributed by atoms with Gasteiger partial charge in [0, 0.05) is 30.1 Å². The van der Waals surface area contributed by atoms with Gasteiger partial charge in [0.2, 0.25) is 0 Å². The van der Waals surface area contributed by atoms with Crippen molar-refractivity contribution in [2.24, 2.45) is 11.3 Å². The highest BCUT2D eigenvalue weighted by Crippen LogP contribution is 2.43. The average Bonchev–Trinajstić information content (AvgIpc) is 3.21. The van der Waals surface area contributed by atoms with Gasteiger partial charge in [-0.3, -0.25) is 0 Å². The summed E-state index contributed by atoms with van der Waals surface area (Å²) in [4.78, 5) is 16.8. The molecule has 34 heavy (non-hydrogen) atoms. The highest BCUT2D eigenvalue weighted by molar-refractivity contribution is 7.99. The lowest BCUT2D eigenvalue weighted by atomic mass is 9.77. The van der Waals surface area contributed by atoms with E-state index in [0.29, 0.717) is 39.0 Å². The van der Waals surface area contributed by atoms with Crippen molar-refractivity contribution < 1.29 is 4.74 Å². The van der Waals surface area contributed by atoms with Crippen molar-refractivity contribution in [3.05, 3.63) is 29.2 Å². The first-order valence-corrected chi connectivity index (χ1v) is 13.2. The van der Waals surface area contributed by atoms with Crippen molar-refractivity contribution in [2.75, 3.05) is 43.4 Å². The minimum atomic E-state index is 0.331. The molecule has 1 spiro atoms. The number of anilines is 2. The lowest BCUT2D eigenvalue weighted by molar-refractivity contribution is 0.0976. The van der Waals surface area contributed by atoms with Gasteiger partial charge in [-0.25, -0.2) is 15.0 Å². The van der Waals surface area contributed by atoms with Gasteiger partial charge in [-0.15, -0.1) is 0 Å². The van der Waals surface area contributed by atoms with Crippen LogP contribution >= 0.6 is 23.4 Å². The van der Waals surface area contributed by atoms with Crippen molar-refractivity contribution in [1.29, 1.82) is 0 Å². The van der Waals surface area contributed by atoms with E-state index in [1.807, 2.05) is 12.3 Å². The third-order valence-electron chi connectivity index (χ3n) is 7.09. The molecular weight excluding hydrogens is 468 g/mol. The minimum absolute atomic E-state index is 0.331. The second kappa shape index (κ2) is 10.3. The number of rotatable bonds is 3. The SMILES string of the molecule is C[C@H]1CC2(CCN(c3cnc(Sc4ccnc(C#CC5CCNCC5)c4Cl)c(N)n3)CC2)CO1. The second-order valence-corrected chi connectivity index (χ2v) is 11.0. The maximum atomic E-state index is 6.65. The van der Waals surface area contributed by atoms with E-state index in [4.69, 9.17) is 22.1 Å². The zero-order valence-electron chi connectivity index (χ0n) is 19.5. The van der Waals surface area contributed by atoms with E-state index in [9.17, 15) is 0 Å². The van der Waals surface area contributed by atoms with Crippen LogP contribution < -0.4 is 16.0 Å². The molecule has 3 aliphatic heterocycles. The average molecular weight is 499 g/mol. The number of piperidine rings is 2. The van der Waals surface area contributed by atoms with Crippen LogP contribution in [0.25, 0.3) is 0 Å². The van der Waals surface area contributed by atoms with Crippen molar-refractivity contribution in [1.82, 2.24) is 20.3 Å². The fraction of sp³-hybridized carbons (Fsp3) is 0.560. The molecule has 3 fully saturated rings. The van der Waals surface area contributed by atoms with Crippen LogP contribution in [0.1, 0.15) is 44.7 Å². The molecule has 0 aromatic carbocycles. The molecule has 0 radical (unpaired) electrons. The Labute approximate surface area is 210 Å². The molecule has 9 heteroatoms. The van der Waals surface area contributed by atoms with E-state index in [-0.39, 0.29) is 0 Å². The molecule has 3 saturated heterocycles. The first-order valence-electron chi connectivity index (χ1n) is 12.0. The van der Waals surface area contributed by atoms with Crippen LogP contribution in [0.4, 0.5) is 11.6 Å². The number of nitrogens with one attached hydrogen (secondary N) is 1. The Morgan fingerprint density at radius 2 is 2.06 bits per heavy atom. The van der Waals surface area contributed by atoms with E-state index in [0.717, 1.165) is 75.6 Å². The predicted molar refractivity (Wildman–Crippen MR) is 136 cm³/mol. The Morgan fingerprint density at radius 1 is 1.26 bits per heavy atom. The highest BCUT2D eigenvalue weighted by Gasteiger charge is 2.41. The molecule has 7 nitrogen and oxygen atoms in total. The van der Waals surface area contributed by atoms with Crippen LogP contribution in [0.2, 0.25) is 5.02 Å². The van der Waals surface area contributed by atoms with Gasteiger partial charge in [-0.05, 0) is 69.5 Å². The monoisotopic (exact) mass is 498 g/mol. The zero-order chi connectivity index (χ0) is 23.5. The Balaban J connectivity index is 1.25. The summed E-state index contributed by atoms with van der Waals surface area (Å²) in [6, 6.07) is 1.87. The zero-order valence-corrected chi connectivity index (χ0v) is 21.1. The normalized spacial score (nSPS) is 22.5. The number of nitrogens with zero attached hydrogens (tertiary/aromatic N) is 4. The standard InChI is InChI=1S/C25H31ClN6OS/c1-17-14-25(16-33-17)7-12-32(13-8-25)21-15-30-24(23(27)31-21)34-20-6-11-29-19(22(20)26)3-2-18-4-9-28-10-5-18/h6,11,15,17-18,28H,4-5,7-10,12-14,16H2,1H3,(H2,27,31)/t17-/m0/s1.